The molecule has 1 heterocycles. The molecule has 49 heavy (non-hydrogen) atoms. The van der Waals surface area contributed by atoms with E-state index in [1.165, 1.54) is 12.2 Å². The Morgan fingerprint density at radius 2 is 1.04 bits per heavy atom. The summed E-state index contributed by atoms with van der Waals surface area (Å²) in [7, 11) is 4.79. The van der Waals surface area contributed by atoms with Gasteiger partial charge in [0, 0.05) is 59.6 Å². The lowest BCUT2D eigenvalue weighted by Gasteiger charge is -2.20. The van der Waals surface area contributed by atoms with Crippen LogP contribution in [0.15, 0.2) is 12.2 Å². The molecule has 3 amide bonds. The summed E-state index contributed by atoms with van der Waals surface area (Å²) in [4.78, 5) is 36.3. The third kappa shape index (κ3) is 24.6. The predicted octanol–water partition coefficient (Wildman–Crippen LogP) is -1.02. The standard InChI is InChI=1S/C32H58N2O15/c1-39-11-14-43-24-29(48-19-13-41-3)26-45-16-15-44-25-28(49-20-17-46-22-27(21-35)47-18-12-40-2)23-42-10-4-8-33-30(36)7-9-34-31(37)5-6-32(34)38/h5-6,27-29,35H,4,7-26H2,1-3H3,(H,33,36). The zero-order valence-electron chi connectivity index (χ0n) is 29.3. The van der Waals surface area contributed by atoms with Gasteiger partial charge < -0.3 is 62.5 Å². The number of hydrogen-bond donors (Lipinski definition) is 2. The molecular formula is C32H58N2O15. The lowest BCUT2D eigenvalue weighted by Crippen LogP contribution is -2.35. The molecule has 0 aromatic heterocycles. The zero-order chi connectivity index (χ0) is 35.8. The van der Waals surface area contributed by atoms with Crippen LogP contribution in [0.2, 0.25) is 0 Å². The van der Waals surface area contributed by atoms with Crippen LogP contribution in [0.25, 0.3) is 0 Å². The molecule has 0 bridgehead atoms. The van der Waals surface area contributed by atoms with E-state index in [0.717, 1.165) is 4.90 Å². The average Bonchev–Trinajstić information content (AvgIpc) is 3.42. The Kier molecular flexibility index (Phi) is 29.2. The molecule has 1 aliphatic rings. The summed E-state index contributed by atoms with van der Waals surface area (Å²) in [6, 6.07) is 0. The van der Waals surface area contributed by atoms with Crippen molar-refractivity contribution < 1.29 is 71.6 Å². The summed E-state index contributed by atoms with van der Waals surface area (Å²) in [5, 5.41) is 12.2. The van der Waals surface area contributed by atoms with Gasteiger partial charge in [-0.25, -0.2) is 0 Å². The first-order valence-corrected chi connectivity index (χ1v) is 16.6. The highest BCUT2D eigenvalue weighted by molar-refractivity contribution is 6.13. The molecule has 17 nitrogen and oxygen atoms in total. The van der Waals surface area contributed by atoms with Gasteiger partial charge in [0.05, 0.1) is 106 Å². The number of imide groups is 1. The fraction of sp³-hybridized carbons (Fsp3) is 0.844. The third-order valence-corrected chi connectivity index (χ3v) is 6.64. The molecule has 0 fully saturated rings. The molecule has 0 aliphatic carbocycles. The SMILES string of the molecule is COCCOCC(COCCOCC(COCCCNC(=O)CCN1C(=O)C=CC1=O)OCCOCC(CO)OCCOC)OCCOC. The van der Waals surface area contributed by atoms with Crippen LogP contribution in [0.5, 0.6) is 0 Å². The average molecular weight is 711 g/mol. The van der Waals surface area contributed by atoms with E-state index in [2.05, 4.69) is 5.32 Å². The van der Waals surface area contributed by atoms with Gasteiger partial charge in [-0.1, -0.05) is 0 Å². The van der Waals surface area contributed by atoms with Gasteiger partial charge >= 0.3 is 0 Å². The molecular weight excluding hydrogens is 652 g/mol. The van der Waals surface area contributed by atoms with Gasteiger partial charge in [0.1, 0.15) is 18.3 Å². The number of hydrogen-bond acceptors (Lipinski definition) is 15. The summed E-state index contributed by atoms with van der Waals surface area (Å²) in [5.41, 5.74) is 0. The highest BCUT2D eigenvalue weighted by Crippen LogP contribution is 2.04. The summed E-state index contributed by atoms with van der Waals surface area (Å²) in [6.07, 6.45) is 1.85. The molecule has 3 atom stereocenters. The van der Waals surface area contributed by atoms with E-state index in [0.29, 0.717) is 85.6 Å². The molecule has 0 spiro atoms. The van der Waals surface area contributed by atoms with E-state index < -0.39 is 24.0 Å². The number of carbonyl (C=O) groups excluding carboxylic acids is 3. The van der Waals surface area contributed by atoms with Crippen LogP contribution < -0.4 is 5.32 Å². The number of nitrogens with zero attached hydrogens (tertiary/aromatic N) is 1. The van der Waals surface area contributed by atoms with Gasteiger partial charge in [0.15, 0.2) is 0 Å². The molecule has 0 saturated heterocycles. The van der Waals surface area contributed by atoms with Crippen LogP contribution in [0.1, 0.15) is 12.8 Å². The van der Waals surface area contributed by atoms with Crippen molar-refractivity contribution in [3.63, 3.8) is 0 Å². The molecule has 3 unspecified atom stereocenters. The highest BCUT2D eigenvalue weighted by Gasteiger charge is 2.23. The topological polar surface area (TPSA) is 188 Å². The molecule has 0 aromatic rings. The molecule has 17 heteroatoms. The molecule has 1 aliphatic heterocycles. The van der Waals surface area contributed by atoms with Crippen molar-refractivity contribution in [2.75, 3.05) is 147 Å². The van der Waals surface area contributed by atoms with Crippen molar-refractivity contribution in [3.05, 3.63) is 12.2 Å². The maximum absolute atomic E-state index is 12.1. The van der Waals surface area contributed by atoms with Crippen molar-refractivity contribution in [1.29, 1.82) is 0 Å². The maximum Gasteiger partial charge on any atom is 0.253 e. The summed E-state index contributed by atoms with van der Waals surface area (Å²) in [5.74, 6) is -1.09. The predicted molar refractivity (Wildman–Crippen MR) is 174 cm³/mol. The largest absolute Gasteiger partial charge is 0.394 e. The number of amides is 3. The first kappa shape index (κ1) is 44.9. The van der Waals surface area contributed by atoms with Crippen LogP contribution in [-0.4, -0.2) is 193 Å². The lowest BCUT2D eigenvalue weighted by atomic mass is 10.3. The molecule has 1 rings (SSSR count). The van der Waals surface area contributed by atoms with E-state index >= 15 is 0 Å². The smallest absolute Gasteiger partial charge is 0.253 e. The number of aliphatic hydroxyl groups is 1. The fourth-order valence-corrected chi connectivity index (χ4v) is 4.00. The first-order valence-electron chi connectivity index (χ1n) is 16.6. The van der Waals surface area contributed by atoms with Crippen molar-refractivity contribution >= 4 is 17.7 Å². The molecule has 0 aromatic carbocycles. The Balaban J connectivity index is 2.37. The van der Waals surface area contributed by atoms with Crippen molar-refractivity contribution in [2.24, 2.45) is 0 Å². The van der Waals surface area contributed by atoms with Crippen molar-refractivity contribution in [1.82, 2.24) is 10.2 Å². The third-order valence-electron chi connectivity index (χ3n) is 6.64. The van der Waals surface area contributed by atoms with E-state index in [-0.39, 0.29) is 64.6 Å². The highest BCUT2D eigenvalue weighted by atomic mass is 16.6. The minimum absolute atomic E-state index is 0.0288. The van der Waals surface area contributed by atoms with Crippen LogP contribution in [-0.2, 0) is 66.5 Å². The minimum Gasteiger partial charge on any atom is -0.394 e. The van der Waals surface area contributed by atoms with E-state index in [4.69, 9.17) is 52.1 Å². The van der Waals surface area contributed by atoms with Crippen molar-refractivity contribution in [3.8, 4) is 0 Å². The second-order valence-corrected chi connectivity index (χ2v) is 10.6. The Morgan fingerprint density at radius 3 is 1.55 bits per heavy atom. The molecule has 286 valence electrons. The first-order chi connectivity index (χ1) is 23.9. The quantitative estimate of drug-likeness (QED) is 0.0594. The summed E-state index contributed by atoms with van der Waals surface area (Å²) < 4.78 is 60.6. The Hall–Kier alpha value is -2.13. The Bertz CT molecular complexity index is 848. The van der Waals surface area contributed by atoms with Gasteiger partial charge in [-0.2, -0.15) is 0 Å². The minimum atomic E-state index is -0.456. The second kappa shape index (κ2) is 31.8. The van der Waals surface area contributed by atoms with Crippen LogP contribution in [0, 0.1) is 0 Å². The lowest BCUT2D eigenvalue weighted by molar-refractivity contribution is -0.137. The molecule has 0 radical (unpaired) electrons. The number of carbonyl (C=O) groups is 3. The number of nitrogens with one attached hydrogen (secondary N) is 1. The van der Waals surface area contributed by atoms with E-state index in [9.17, 15) is 19.5 Å². The van der Waals surface area contributed by atoms with Gasteiger partial charge in [-0.05, 0) is 6.42 Å². The van der Waals surface area contributed by atoms with Crippen LogP contribution in [0.4, 0.5) is 0 Å². The van der Waals surface area contributed by atoms with Gasteiger partial charge in [-0.3, -0.25) is 19.3 Å². The second-order valence-electron chi connectivity index (χ2n) is 10.6. The van der Waals surface area contributed by atoms with E-state index in [1.807, 2.05) is 0 Å². The Morgan fingerprint density at radius 1 is 0.633 bits per heavy atom. The number of ether oxygens (including phenoxy) is 11. The number of methoxy groups -OCH3 is 3. The Labute approximate surface area is 289 Å². The van der Waals surface area contributed by atoms with Crippen LogP contribution in [0.3, 0.4) is 0 Å². The van der Waals surface area contributed by atoms with E-state index in [1.54, 1.807) is 21.3 Å². The molecule has 2 N–H and O–H groups in total. The summed E-state index contributed by atoms with van der Waals surface area (Å²) in [6.45, 7) is 5.80. The van der Waals surface area contributed by atoms with Crippen molar-refractivity contribution in [2.45, 2.75) is 31.2 Å². The fourth-order valence-electron chi connectivity index (χ4n) is 4.00. The van der Waals surface area contributed by atoms with Crippen LogP contribution >= 0.6 is 0 Å². The zero-order valence-corrected chi connectivity index (χ0v) is 29.3. The summed E-state index contributed by atoms with van der Waals surface area (Å²) >= 11 is 0. The van der Waals surface area contributed by atoms with Gasteiger partial charge in [0.25, 0.3) is 11.8 Å². The molecule has 0 saturated carbocycles. The maximum atomic E-state index is 12.1. The normalized spacial score (nSPS) is 14.9. The number of rotatable bonds is 36. The van der Waals surface area contributed by atoms with Gasteiger partial charge in [-0.15, -0.1) is 0 Å². The number of aliphatic hydroxyl groups excluding tert-OH is 1. The monoisotopic (exact) mass is 710 g/mol. The van der Waals surface area contributed by atoms with Gasteiger partial charge in [0.2, 0.25) is 5.91 Å².